The first-order chi connectivity index (χ1) is 34.1. The summed E-state index contributed by atoms with van der Waals surface area (Å²) >= 11 is 0. The predicted octanol–water partition coefficient (Wildman–Crippen LogP) is -1.88. The lowest BCUT2D eigenvalue weighted by atomic mass is 9.98. The van der Waals surface area contributed by atoms with Gasteiger partial charge in [-0.15, -0.1) is 0 Å². The van der Waals surface area contributed by atoms with E-state index in [1.54, 1.807) is 34.6 Å². The van der Waals surface area contributed by atoms with Gasteiger partial charge in [0.25, 0.3) is 80.9 Å². The van der Waals surface area contributed by atoms with Gasteiger partial charge >= 0.3 is 23.9 Å². The molecule has 6 aliphatic rings. The highest BCUT2D eigenvalue weighted by Crippen LogP contribution is 2.25. The monoisotopic (exact) mass is 1250 g/mol. The first kappa shape index (κ1) is 66.4. The van der Waals surface area contributed by atoms with Crippen LogP contribution in [0.5, 0.6) is 0 Å². The third kappa shape index (κ3) is 25.7. The maximum Gasteiger partial charge on any atom is 0.339 e. The Morgan fingerprint density at radius 2 is 0.693 bits per heavy atom. The van der Waals surface area contributed by atoms with E-state index in [0.717, 1.165) is 32.1 Å². The lowest BCUT2D eigenvalue weighted by molar-refractivity contribution is -0.164. The Bertz CT molecular complexity index is 2930. The normalized spacial score (nSPS) is 29.1. The van der Waals surface area contributed by atoms with Gasteiger partial charge in [0.05, 0.1) is 6.10 Å². The van der Waals surface area contributed by atoms with Crippen LogP contribution in [0.3, 0.4) is 0 Å². The molecule has 0 bridgehead atoms. The van der Waals surface area contributed by atoms with Crippen molar-refractivity contribution in [3.63, 3.8) is 0 Å². The second kappa shape index (κ2) is 26.9. The van der Waals surface area contributed by atoms with E-state index in [4.69, 9.17) is 18.9 Å². The lowest BCUT2D eigenvalue weighted by Gasteiger charge is -2.23. The number of carbonyl (C=O) groups is 4. The van der Waals surface area contributed by atoms with E-state index >= 15 is 0 Å². The van der Waals surface area contributed by atoms with Gasteiger partial charge in [-0.3, -0.25) is 33.5 Å². The Balaban J connectivity index is 0.000000264. The number of carbonyl (C=O) groups excluding carboxylic acids is 4. The molecule has 0 aromatic heterocycles. The zero-order valence-corrected chi connectivity index (χ0v) is 47.1. The fraction of sp³-hybridized carbons (Fsp3) is 0.886. The van der Waals surface area contributed by atoms with Crippen LogP contribution < -0.4 is 0 Å². The van der Waals surface area contributed by atoms with E-state index in [1.165, 1.54) is 0 Å². The summed E-state index contributed by atoms with van der Waals surface area (Å²) in [6.45, 7) is 5.30. The van der Waals surface area contributed by atoms with Crippen LogP contribution in [-0.2, 0) is 153 Å². The quantitative estimate of drug-likeness (QED) is 0.146. The van der Waals surface area contributed by atoms with Gasteiger partial charge in [0.2, 0.25) is 20.3 Å². The molecule has 6 rings (SSSR count). The summed E-state index contributed by atoms with van der Waals surface area (Å²) in [4.78, 5) is 46.7. The SMILES string of the molecule is CC(C)(C)OC(=O)C1COS(=O)(=O)CS(=O)(=O)O1.CCC(C)OC(=O)C1COS(=O)(=O)CS(=O)(=O)O1.O=C(OC1CCCC1)C1COS(=O)(=O)CS(=O)(=O)O1.O=C(OC1CCCCC1)C1COS(=O)(=O)CS(=O)(=O)O1. The molecule has 5 atom stereocenters. The number of esters is 4. The van der Waals surface area contributed by atoms with E-state index in [2.05, 4.69) is 33.5 Å². The number of hydrogen-bond donors (Lipinski definition) is 0. The highest BCUT2D eigenvalue weighted by molar-refractivity contribution is 8.05. The fourth-order valence-corrected chi connectivity index (χ4v) is 17.2. The summed E-state index contributed by atoms with van der Waals surface area (Å²) in [5.74, 6) is -3.78. The molecule has 0 radical (unpaired) electrons. The highest BCUT2D eigenvalue weighted by Gasteiger charge is 2.42. The van der Waals surface area contributed by atoms with Crippen LogP contribution >= 0.6 is 0 Å². The Morgan fingerprint density at radius 3 is 0.973 bits per heavy atom. The summed E-state index contributed by atoms with van der Waals surface area (Å²) in [6.07, 6.45) is 0.885. The van der Waals surface area contributed by atoms with Crippen LogP contribution in [0.4, 0.5) is 0 Å². The topological polar surface area (TPSA) is 452 Å². The molecule has 75 heavy (non-hydrogen) atoms. The third-order valence-electron chi connectivity index (χ3n) is 9.57. The molecule has 0 spiro atoms. The first-order valence-electron chi connectivity index (χ1n) is 22.1. The van der Waals surface area contributed by atoms with E-state index in [9.17, 15) is 86.5 Å². The van der Waals surface area contributed by atoms with Crippen molar-refractivity contribution in [3.05, 3.63) is 0 Å². The summed E-state index contributed by atoms with van der Waals surface area (Å²) in [5, 5.41) is -5.23. The van der Waals surface area contributed by atoms with Gasteiger partial charge in [-0.2, -0.15) is 67.3 Å². The molecular formula is C35H58O32S8. The molecule has 6 fully saturated rings. The molecule has 2 aliphatic carbocycles. The third-order valence-corrected chi connectivity index (χ3v) is 22.9. The van der Waals surface area contributed by atoms with Crippen LogP contribution in [0.25, 0.3) is 0 Å². The molecule has 40 heteroatoms. The maximum absolute atomic E-state index is 11.8. The maximum atomic E-state index is 11.8. The summed E-state index contributed by atoms with van der Waals surface area (Å²) in [5.41, 5.74) is -0.852. The molecule has 4 aliphatic heterocycles. The Labute approximate surface area is 435 Å². The molecule has 0 N–H and O–H groups in total. The van der Waals surface area contributed by atoms with Crippen molar-refractivity contribution >= 4 is 105 Å². The van der Waals surface area contributed by atoms with E-state index in [-0.39, 0.29) is 12.2 Å². The van der Waals surface area contributed by atoms with Gasteiger partial charge in [0.15, 0.2) is 24.4 Å². The van der Waals surface area contributed by atoms with Crippen molar-refractivity contribution in [2.24, 2.45) is 0 Å². The van der Waals surface area contributed by atoms with Gasteiger partial charge < -0.3 is 18.9 Å². The van der Waals surface area contributed by atoms with E-state index in [0.29, 0.717) is 32.1 Å². The van der Waals surface area contributed by atoms with Crippen LogP contribution in [-0.4, -0.2) is 186 Å². The predicted molar refractivity (Wildman–Crippen MR) is 247 cm³/mol. The summed E-state index contributed by atoms with van der Waals surface area (Å²) in [6, 6.07) is 0. The van der Waals surface area contributed by atoms with Crippen molar-refractivity contribution in [1.82, 2.24) is 0 Å². The molecular weight excluding hydrogens is 1190 g/mol. The van der Waals surface area contributed by atoms with Crippen molar-refractivity contribution in [2.75, 3.05) is 46.8 Å². The van der Waals surface area contributed by atoms with E-state index in [1.807, 2.05) is 0 Å². The molecule has 0 aromatic rings. The number of hydrogen-bond acceptors (Lipinski definition) is 32. The van der Waals surface area contributed by atoms with Crippen LogP contribution in [0.2, 0.25) is 0 Å². The zero-order chi connectivity index (χ0) is 57.1. The van der Waals surface area contributed by atoms with Gasteiger partial charge in [0, 0.05) is 0 Å². The fourth-order valence-electron chi connectivity index (χ4n) is 6.26. The van der Waals surface area contributed by atoms with Gasteiger partial charge in [-0.25, -0.2) is 19.2 Å². The van der Waals surface area contributed by atoms with Gasteiger partial charge in [0.1, 0.15) is 44.2 Å². The van der Waals surface area contributed by atoms with Crippen molar-refractivity contribution in [3.8, 4) is 0 Å². The van der Waals surface area contributed by atoms with Crippen LogP contribution in [0.1, 0.15) is 98.8 Å². The Hall–Kier alpha value is -2.84. The van der Waals surface area contributed by atoms with Crippen molar-refractivity contribution in [1.29, 1.82) is 0 Å². The minimum Gasteiger partial charge on any atom is -0.461 e. The zero-order valence-electron chi connectivity index (χ0n) is 40.6. The smallest absolute Gasteiger partial charge is 0.339 e. The Kier molecular flexibility index (Phi) is 23.8. The second-order valence-electron chi connectivity index (χ2n) is 17.6. The minimum atomic E-state index is -4.39. The average Bonchev–Trinajstić information content (AvgIpc) is 3.56. The molecule has 32 nitrogen and oxygen atoms in total. The second-order valence-corrected chi connectivity index (χ2v) is 32.0. The van der Waals surface area contributed by atoms with Crippen molar-refractivity contribution < 1.29 is 139 Å². The number of rotatable bonds is 8. The molecule has 0 aromatic carbocycles. The molecule has 5 unspecified atom stereocenters. The summed E-state index contributed by atoms with van der Waals surface area (Å²) < 4.78 is 235. The first-order valence-corrected chi connectivity index (χ1v) is 34.7. The molecule has 4 saturated heterocycles. The van der Waals surface area contributed by atoms with Crippen molar-refractivity contribution in [2.45, 2.75) is 147 Å². The highest BCUT2D eigenvalue weighted by atomic mass is 32.3. The van der Waals surface area contributed by atoms with E-state index < -0.39 is 188 Å². The average molecular weight is 1250 g/mol. The lowest BCUT2D eigenvalue weighted by Crippen LogP contribution is -2.36. The molecule has 2 saturated carbocycles. The van der Waals surface area contributed by atoms with Crippen LogP contribution in [0.15, 0.2) is 0 Å². The standard InChI is InChI=1S/C10H16O8S2.C9H14O8S2.2C8H14O8S2/c11-10(17-8-4-2-1-3-5-8)9-6-16-19(12,13)7-20(14,15)18-9;10-9(16-7-3-1-2-4-7)8-5-15-18(11,12)6-19(13,14)17-8;1-8(2,3)15-7(9)6-4-14-17(10,11)5-18(12,13)16-6;1-3-6(2)15-8(9)7-4-14-17(10,11)5-18(12,13)16-7/h8-9H,1-7H2;7-8H,1-6H2;6H,4-5H2,1-3H3;6-7H,3-5H2,1-2H3. The van der Waals surface area contributed by atoms with Gasteiger partial charge in [-0.1, -0.05) is 13.3 Å². The molecule has 4 heterocycles. The minimum absolute atomic E-state index is 0.265. The molecule has 438 valence electrons. The van der Waals surface area contributed by atoms with Gasteiger partial charge in [-0.05, 0) is 85.5 Å². The largest absolute Gasteiger partial charge is 0.461 e. The van der Waals surface area contributed by atoms with Crippen LogP contribution in [0, 0.1) is 0 Å². The molecule has 0 amide bonds. The summed E-state index contributed by atoms with van der Waals surface area (Å²) in [7, 11) is -34.5. The number of ether oxygens (including phenoxy) is 4. The Morgan fingerprint density at radius 1 is 0.427 bits per heavy atom.